The molecule has 0 radical (unpaired) electrons. The van der Waals surface area contributed by atoms with Gasteiger partial charge in [-0.3, -0.25) is 0 Å². The van der Waals surface area contributed by atoms with Crippen LogP contribution in [0.4, 0.5) is 11.5 Å². The normalized spacial score (nSPS) is 16.8. The van der Waals surface area contributed by atoms with Crippen LogP contribution in [0.5, 0.6) is 0 Å². The van der Waals surface area contributed by atoms with Crippen LogP contribution < -0.4 is 10.2 Å². The summed E-state index contributed by atoms with van der Waals surface area (Å²) in [5, 5.41) is 14.1. The Morgan fingerprint density at radius 3 is 2.89 bits per heavy atom. The quantitative estimate of drug-likeness (QED) is 0.646. The van der Waals surface area contributed by atoms with Gasteiger partial charge in [-0.1, -0.05) is 0 Å². The Labute approximate surface area is 106 Å². The smallest absolute Gasteiger partial charge is 0.365 e. The van der Waals surface area contributed by atoms with E-state index < -0.39 is 4.92 Å². The summed E-state index contributed by atoms with van der Waals surface area (Å²) in [6, 6.07) is 3.53. The highest BCUT2D eigenvalue weighted by atomic mass is 16.6. The number of aromatic nitrogens is 1. The van der Waals surface area contributed by atoms with Gasteiger partial charge < -0.3 is 20.3 Å². The highest BCUT2D eigenvalue weighted by Gasteiger charge is 2.24. The van der Waals surface area contributed by atoms with Gasteiger partial charge in [0, 0.05) is 13.1 Å². The molecule has 1 aliphatic heterocycles. The van der Waals surface area contributed by atoms with Gasteiger partial charge in [-0.05, 0) is 54.4 Å². The van der Waals surface area contributed by atoms with Crippen LogP contribution >= 0.6 is 0 Å². The van der Waals surface area contributed by atoms with E-state index in [1.165, 1.54) is 6.20 Å². The Morgan fingerprint density at radius 1 is 1.56 bits per heavy atom. The first-order valence-corrected chi connectivity index (χ1v) is 6.21. The van der Waals surface area contributed by atoms with Crippen molar-refractivity contribution in [2.24, 2.45) is 5.92 Å². The molecule has 0 aliphatic carbocycles. The summed E-state index contributed by atoms with van der Waals surface area (Å²) >= 11 is 0. The van der Waals surface area contributed by atoms with Gasteiger partial charge in [0.2, 0.25) is 0 Å². The Balaban J connectivity index is 2.07. The third-order valence-corrected chi connectivity index (χ3v) is 3.39. The zero-order valence-corrected chi connectivity index (χ0v) is 10.5. The molecule has 2 heterocycles. The van der Waals surface area contributed by atoms with Crippen molar-refractivity contribution in [3.8, 4) is 0 Å². The molecule has 1 saturated heterocycles. The van der Waals surface area contributed by atoms with E-state index in [0.29, 0.717) is 11.6 Å². The van der Waals surface area contributed by atoms with Crippen LogP contribution in [0.15, 0.2) is 18.3 Å². The SMILES string of the molecule is CNCC1CCN(c2cccnc2[N+](=O)[O-])CC1. The number of nitrogens with one attached hydrogen (secondary N) is 1. The summed E-state index contributed by atoms with van der Waals surface area (Å²) in [7, 11) is 1.96. The maximum Gasteiger partial charge on any atom is 0.387 e. The molecular weight excluding hydrogens is 232 g/mol. The predicted octanol–water partition coefficient (Wildman–Crippen LogP) is 1.43. The summed E-state index contributed by atoms with van der Waals surface area (Å²) < 4.78 is 0. The lowest BCUT2D eigenvalue weighted by Gasteiger charge is -2.32. The van der Waals surface area contributed by atoms with Crippen molar-refractivity contribution in [3.63, 3.8) is 0 Å². The number of hydrogen-bond acceptors (Lipinski definition) is 5. The minimum atomic E-state index is -0.408. The van der Waals surface area contributed by atoms with Crippen molar-refractivity contribution < 1.29 is 4.92 Å². The molecule has 2 rings (SSSR count). The summed E-state index contributed by atoms with van der Waals surface area (Å²) in [6.07, 6.45) is 3.59. The number of rotatable bonds is 4. The molecule has 0 aromatic carbocycles. The van der Waals surface area contributed by atoms with E-state index in [1.807, 2.05) is 7.05 Å². The van der Waals surface area contributed by atoms with Crippen LogP contribution in [-0.4, -0.2) is 36.6 Å². The molecule has 0 spiro atoms. The van der Waals surface area contributed by atoms with E-state index in [9.17, 15) is 10.1 Å². The van der Waals surface area contributed by atoms with Crippen LogP contribution in [0.1, 0.15) is 12.8 Å². The Morgan fingerprint density at radius 2 is 2.28 bits per heavy atom. The monoisotopic (exact) mass is 250 g/mol. The van der Waals surface area contributed by atoms with Crippen molar-refractivity contribution in [2.75, 3.05) is 31.6 Å². The van der Waals surface area contributed by atoms with Gasteiger partial charge in [-0.15, -0.1) is 0 Å². The molecule has 0 unspecified atom stereocenters. The summed E-state index contributed by atoms with van der Waals surface area (Å²) in [6.45, 7) is 2.74. The van der Waals surface area contributed by atoms with Gasteiger partial charge in [0.05, 0.1) is 0 Å². The van der Waals surface area contributed by atoms with E-state index >= 15 is 0 Å². The maximum absolute atomic E-state index is 10.9. The summed E-state index contributed by atoms with van der Waals surface area (Å²) in [4.78, 5) is 16.5. The van der Waals surface area contributed by atoms with Crippen LogP contribution in [0.3, 0.4) is 0 Å². The van der Waals surface area contributed by atoms with Gasteiger partial charge in [0.25, 0.3) is 0 Å². The van der Waals surface area contributed by atoms with Crippen molar-refractivity contribution in [2.45, 2.75) is 12.8 Å². The van der Waals surface area contributed by atoms with Crippen LogP contribution in [0.2, 0.25) is 0 Å². The second-order valence-electron chi connectivity index (χ2n) is 4.59. The van der Waals surface area contributed by atoms with Gasteiger partial charge in [-0.25, -0.2) is 0 Å². The van der Waals surface area contributed by atoms with E-state index in [0.717, 1.165) is 32.5 Å². The largest absolute Gasteiger partial charge is 0.387 e. The minimum Gasteiger partial charge on any atom is -0.365 e. The first-order chi connectivity index (χ1) is 8.72. The molecular formula is C12H18N4O2. The first kappa shape index (κ1) is 12.8. The molecule has 0 saturated carbocycles. The standard InChI is InChI=1S/C12H18N4O2/c1-13-9-10-4-7-15(8-5-10)11-3-2-6-14-12(11)16(17)18/h2-3,6,10,13H,4-5,7-9H2,1H3. The maximum atomic E-state index is 10.9. The molecule has 0 atom stereocenters. The molecule has 6 heteroatoms. The van der Waals surface area contributed by atoms with Crippen molar-refractivity contribution in [1.82, 2.24) is 10.3 Å². The number of anilines is 1. The van der Waals surface area contributed by atoms with Crippen LogP contribution in [0.25, 0.3) is 0 Å². The summed E-state index contributed by atoms with van der Waals surface area (Å²) in [5.41, 5.74) is 0.644. The van der Waals surface area contributed by atoms with Gasteiger partial charge in [-0.2, -0.15) is 0 Å². The molecule has 6 nitrogen and oxygen atoms in total. The zero-order chi connectivity index (χ0) is 13.0. The fourth-order valence-electron chi connectivity index (χ4n) is 2.44. The van der Waals surface area contributed by atoms with Gasteiger partial charge >= 0.3 is 5.82 Å². The van der Waals surface area contributed by atoms with E-state index in [2.05, 4.69) is 15.2 Å². The minimum absolute atomic E-state index is 0.0374. The van der Waals surface area contributed by atoms with Gasteiger partial charge in [0.1, 0.15) is 11.9 Å². The topological polar surface area (TPSA) is 71.3 Å². The van der Waals surface area contributed by atoms with Crippen molar-refractivity contribution >= 4 is 11.5 Å². The molecule has 18 heavy (non-hydrogen) atoms. The second-order valence-corrected chi connectivity index (χ2v) is 4.59. The van der Waals surface area contributed by atoms with Gasteiger partial charge in [0.15, 0.2) is 0 Å². The van der Waals surface area contributed by atoms with Crippen molar-refractivity contribution in [3.05, 3.63) is 28.4 Å². The second kappa shape index (κ2) is 5.77. The lowest BCUT2D eigenvalue weighted by molar-refractivity contribution is -0.388. The van der Waals surface area contributed by atoms with Crippen LogP contribution in [0, 0.1) is 16.0 Å². The fourth-order valence-corrected chi connectivity index (χ4v) is 2.44. The Bertz CT molecular complexity index is 416. The van der Waals surface area contributed by atoms with E-state index in [1.54, 1.807) is 12.1 Å². The number of hydrogen-bond donors (Lipinski definition) is 1. The predicted molar refractivity (Wildman–Crippen MR) is 69.8 cm³/mol. The highest BCUT2D eigenvalue weighted by Crippen LogP contribution is 2.29. The average molecular weight is 250 g/mol. The van der Waals surface area contributed by atoms with E-state index in [4.69, 9.17) is 0 Å². The third kappa shape index (κ3) is 2.76. The molecule has 98 valence electrons. The molecule has 1 aliphatic rings. The highest BCUT2D eigenvalue weighted by molar-refractivity contribution is 5.59. The molecule has 1 N–H and O–H groups in total. The summed E-state index contributed by atoms with van der Waals surface area (Å²) in [5.74, 6) is 0.631. The molecule has 0 amide bonds. The number of pyridine rings is 1. The zero-order valence-electron chi connectivity index (χ0n) is 10.5. The Kier molecular flexibility index (Phi) is 4.09. The molecule has 0 bridgehead atoms. The van der Waals surface area contributed by atoms with Crippen LogP contribution in [-0.2, 0) is 0 Å². The molecule has 1 aromatic rings. The number of nitro groups is 1. The Hall–Kier alpha value is -1.69. The average Bonchev–Trinajstić information content (AvgIpc) is 2.40. The molecule has 1 aromatic heterocycles. The molecule has 1 fully saturated rings. The fraction of sp³-hybridized carbons (Fsp3) is 0.583. The van der Waals surface area contributed by atoms with E-state index in [-0.39, 0.29) is 5.82 Å². The van der Waals surface area contributed by atoms with Crippen molar-refractivity contribution in [1.29, 1.82) is 0 Å². The first-order valence-electron chi connectivity index (χ1n) is 6.21. The number of nitrogens with zero attached hydrogens (tertiary/aromatic N) is 3. The third-order valence-electron chi connectivity index (χ3n) is 3.39. The lowest BCUT2D eigenvalue weighted by Crippen LogP contribution is -2.37. The number of piperidine rings is 1. The lowest BCUT2D eigenvalue weighted by atomic mass is 9.96.